The molecule has 0 saturated heterocycles. The minimum absolute atomic E-state index is 0. The fraction of sp³-hybridized carbons (Fsp3) is 0.919. The summed E-state index contributed by atoms with van der Waals surface area (Å²) in [5, 5.41) is 0. The zero-order chi connectivity index (χ0) is 33.8. The van der Waals surface area contributed by atoms with Gasteiger partial charge in [0.25, 0.3) is 0 Å². The van der Waals surface area contributed by atoms with Crippen molar-refractivity contribution in [2.45, 2.75) is 124 Å². The van der Waals surface area contributed by atoms with Crippen LogP contribution in [0.15, 0.2) is 11.6 Å². The van der Waals surface area contributed by atoms with Crippen LogP contribution < -0.4 is 0 Å². The number of phosphoric acid groups is 1. The number of hydrogen-bond donors (Lipinski definition) is 1. The summed E-state index contributed by atoms with van der Waals surface area (Å²) >= 11 is 0. The lowest BCUT2D eigenvalue weighted by Gasteiger charge is -2.58. The standard InChI is InChI=1S/C37H66NO7P.H2O/c1-27(2)12-11-13-28(3)32-16-17-33-31-15-14-29-26-30(18-20-36(29,4)34(31)19-21-37(32,33)5)45-35(39)42-23-9-10-24-43-46(40,41)44-25-22-38(6,7)8;/h14,27-28,30-34H,9-13,15-26H2,1-8H3;1H2/t28-,30+,31?,32-,33?,34?,36+,37-;/m1./s1. The molecule has 274 valence electrons. The number of allylic oxidation sites excluding steroid dienone is 1. The van der Waals surface area contributed by atoms with Gasteiger partial charge in [-0.2, -0.15) is 0 Å². The predicted octanol–water partition coefficient (Wildman–Crippen LogP) is 8.99. The zero-order valence-electron chi connectivity index (χ0n) is 30.9. The SMILES string of the molecule is CC(C)CCC[C@@H](C)[C@H]1CCC2C3CC=C4C[C@@H](OC(=O)OCCCCOP(=O)(O)OCC[N+](C)(C)C)CC[C@]4(C)C3CC[C@@]21C.[OH-]. The Balaban J connectivity index is 0.00000600. The maximum Gasteiger partial charge on any atom is 0.508 e. The van der Waals surface area contributed by atoms with E-state index in [1.807, 2.05) is 21.1 Å². The number of unbranched alkanes of at least 4 members (excludes halogenated alkanes) is 1. The van der Waals surface area contributed by atoms with Crippen molar-refractivity contribution in [3.05, 3.63) is 11.6 Å². The highest BCUT2D eigenvalue weighted by Gasteiger charge is 2.59. The summed E-state index contributed by atoms with van der Waals surface area (Å²) in [6.07, 6.45) is 16.4. The van der Waals surface area contributed by atoms with E-state index in [9.17, 15) is 14.3 Å². The second-order valence-electron chi connectivity index (χ2n) is 17.2. The molecule has 47 heavy (non-hydrogen) atoms. The highest BCUT2D eigenvalue weighted by Crippen LogP contribution is 2.67. The number of ether oxygens (including phenoxy) is 2. The lowest BCUT2D eigenvalue weighted by Crippen LogP contribution is -2.51. The first kappa shape index (κ1) is 40.5. The number of likely N-dealkylation sites (N-methyl/N-ethyl adjacent to an activating group) is 1. The van der Waals surface area contributed by atoms with Gasteiger partial charge in [-0.3, -0.25) is 9.05 Å². The lowest BCUT2D eigenvalue weighted by atomic mass is 9.47. The van der Waals surface area contributed by atoms with E-state index in [0.717, 1.165) is 54.8 Å². The van der Waals surface area contributed by atoms with E-state index in [4.69, 9.17) is 18.5 Å². The van der Waals surface area contributed by atoms with E-state index in [1.54, 1.807) is 0 Å². The highest BCUT2D eigenvalue weighted by atomic mass is 31.2. The number of quaternary nitrogens is 1. The molecule has 4 aliphatic carbocycles. The second kappa shape index (κ2) is 16.8. The largest absolute Gasteiger partial charge is 0.870 e. The zero-order valence-corrected chi connectivity index (χ0v) is 31.8. The van der Waals surface area contributed by atoms with Gasteiger partial charge in [0.15, 0.2) is 0 Å². The Labute approximate surface area is 286 Å². The Bertz CT molecular complexity index is 1090. The van der Waals surface area contributed by atoms with Crippen molar-refractivity contribution in [2.24, 2.45) is 46.3 Å². The fourth-order valence-electron chi connectivity index (χ4n) is 9.93. The molecule has 0 radical (unpaired) electrons. The van der Waals surface area contributed by atoms with Gasteiger partial charge in [-0.25, -0.2) is 9.36 Å². The summed E-state index contributed by atoms with van der Waals surface area (Å²) in [5.74, 6) is 4.89. The summed E-state index contributed by atoms with van der Waals surface area (Å²) in [5.41, 5.74) is 2.22. The number of hydrogen-bond acceptors (Lipinski definition) is 7. The van der Waals surface area contributed by atoms with E-state index in [0.29, 0.717) is 29.3 Å². The van der Waals surface area contributed by atoms with Crippen molar-refractivity contribution in [3.63, 3.8) is 0 Å². The molecule has 9 atom stereocenters. The van der Waals surface area contributed by atoms with Gasteiger partial charge in [-0.15, -0.1) is 0 Å². The fourth-order valence-corrected chi connectivity index (χ4v) is 10.7. The van der Waals surface area contributed by atoms with Gasteiger partial charge < -0.3 is 24.3 Å². The molecular weight excluding hydrogens is 617 g/mol. The Hall–Kier alpha value is -0.960. The maximum atomic E-state index is 12.5. The molecule has 10 heteroatoms. The van der Waals surface area contributed by atoms with Crippen molar-refractivity contribution in [3.8, 4) is 0 Å². The van der Waals surface area contributed by atoms with Crippen LogP contribution in [0.5, 0.6) is 0 Å². The van der Waals surface area contributed by atoms with Gasteiger partial charge in [-0.05, 0) is 104 Å². The van der Waals surface area contributed by atoms with Crippen molar-refractivity contribution >= 4 is 14.0 Å². The quantitative estimate of drug-likeness (QED) is 0.0562. The topological polar surface area (TPSA) is 121 Å². The Morgan fingerprint density at radius 3 is 2.36 bits per heavy atom. The number of carbonyl (C=O) groups excluding carboxylic acids is 1. The van der Waals surface area contributed by atoms with Crippen molar-refractivity contribution in [1.29, 1.82) is 0 Å². The predicted molar refractivity (Wildman–Crippen MR) is 185 cm³/mol. The molecule has 9 nitrogen and oxygen atoms in total. The van der Waals surface area contributed by atoms with Gasteiger partial charge in [0.1, 0.15) is 19.3 Å². The molecule has 4 rings (SSSR count). The molecular formula is C37H68NO8P. The maximum absolute atomic E-state index is 12.5. The molecule has 2 N–H and O–H groups in total. The summed E-state index contributed by atoms with van der Waals surface area (Å²) < 4.78 is 33.8. The first-order valence-corrected chi connectivity index (χ1v) is 20.0. The van der Waals surface area contributed by atoms with E-state index in [2.05, 4.69) is 40.7 Å². The lowest BCUT2D eigenvalue weighted by molar-refractivity contribution is -0.870. The Kier molecular flexibility index (Phi) is 14.5. The van der Waals surface area contributed by atoms with Gasteiger partial charge in [0, 0.05) is 6.42 Å². The average Bonchev–Trinajstić information content (AvgIpc) is 3.31. The third kappa shape index (κ3) is 10.5. The van der Waals surface area contributed by atoms with Crippen molar-refractivity contribution in [1.82, 2.24) is 0 Å². The molecule has 0 aromatic rings. The summed E-state index contributed by atoms with van der Waals surface area (Å²) in [6.45, 7) is 13.4. The Morgan fingerprint density at radius 1 is 0.957 bits per heavy atom. The van der Waals surface area contributed by atoms with Gasteiger partial charge >= 0.3 is 14.0 Å². The number of fused-ring (bicyclic) bond motifs is 5. The van der Waals surface area contributed by atoms with Crippen molar-refractivity contribution < 1.29 is 42.7 Å². The smallest absolute Gasteiger partial charge is 0.508 e. The summed E-state index contributed by atoms with van der Waals surface area (Å²) in [7, 11) is 1.88. The molecule has 0 heterocycles. The van der Waals surface area contributed by atoms with Crippen LogP contribution in [-0.4, -0.2) is 74.6 Å². The van der Waals surface area contributed by atoms with E-state index in [-0.39, 0.29) is 36.8 Å². The summed E-state index contributed by atoms with van der Waals surface area (Å²) in [4.78, 5) is 22.3. The van der Waals surface area contributed by atoms with Gasteiger partial charge in [0.05, 0.1) is 34.4 Å². The second-order valence-corrected chi connectivity index (χ2v) is 18.7. The normalized spacial score (nSPS) is 33.8. The molecule has 0 amide bonds. The first-order valence-electron chi connectivity index (χ1n) is 18.5. The van der Waals surface area contributed by atoms with Crippen LogP contribution in [0.1, 0.15) is 118 Å². The monoisotopic (exact) mass is 685 g/mol. The first-order chi connectivity index (χ1) is 21.5. The molecule has 0 aromatic heterocycles. The summed E-state index contributed by atoms with van der Waals surface area (Å²) in [6, 6.07) is 0. The van der Waals surface area contributed by atoms with E-state index >= 15 is 0 Å². The number of carbonyl (C=O) groups is 1. The van der Waals surface area contributed by atoms with Gasteiger partial charge in [-0.1, -0.05) is 65.5 Å². The average molecular weight is 686 g/mol. The van der Waals surface area contributed by atoms with Crippen LogP contribution in [0.25, 0.3) is 0 Å². The van der Waals surface area contributed by atoms with Crippen molar-refractivity contribution in [2.75, 3.05) is 47.5 Å². The molecule has 0 spiro atoms. The molecule has 0 aliphatic heterocycles. The Morgan fingerprint density at radius 2 is 1.66 bits per heavy atom. The number of rotatable bonds is 16. The van der Waals surface area contributed by atoms with Crippen LogP contribution in [0.2, 0.25) is 0 Å². The van der Waals surface area contributed by atoms with Crippen LogP contribution in [0.3, 0.4) is 0 Å². The molecule has 3 fully saturated rings. The molecule has 4 unspecified atom stereocenters. The van der Waals surface area contributed by atoms with E-state index < -0.39 is 14.0 Å². The minimum Gasteiger partial charge on any atom is -0.870 e. The third-order valence-electron chi connectivity index (χ3n) is 12.6. The number of nitrogens with zero attached hydrogens (tertiary/aromatic N) is 1. The number of phosphoric ester groups is 1. The van der Waals surface area contributed by atoms with Crippen LogP contribution >= 0.6 is 7.82 Å². The molecule has 4 aliphatic rings. The van der Waals surface area contributed by atoms with Crippen LogP contribution in [0.4, 0.5) is 4.79 Å². The highest BCUT2D eigenvalue weighted by molar-refractivity contribution is 7.47. The van der Waals surface area contributed by atoms with E-state index in [1.165, 1.54) is 56.9 Å². The minimum atomic E-state index is -4.07. The molecule has 3 saturated carbocycles. The molecule has 0 bridgehead atoms. The molecule has 0 aromatic carbocycles. The van der Waals surface area contributed by atoms with Crippen LogP contribution in [0, 0.1) is 46.3 Å². The third-order valence-corrected chi connectivity index (χ3v) is 13.6. The van der Waals surface area contributed by atoms with Gasteiger partial charge in [0.2, 0.25) is 0 Å². The van der Waals surface area contributed by atoms with Crippen LogP contribution in [-0.2, 0) is 23.1 Å².